The smallest absolute Gasteiger partial charge is 0.339 e. The largest absolute Gasteiger partial charge is 0.504 e. The first-order valence-electron chi connectivity index (χ1n) is 9.62. The molecule has 2 aromatic rings. The molecule has 0 radical (unpaired) electrons. The summed E-state index contributed by atoms with van der Waals surface area (Å²) in [5.41, 5.74) is 0.813. The van der Waals surface area contributed by atoms with Gasteiger partial charge in [-0.1, -0.05) is 17.7 Å². The number of esters is 1. The summed E-state index contributed by atoms with van der Waals surface area (Å²) >= 11 is 6.69. The number of methoxy groups -OCH3 is 1. The maximum Gasteiger partial charge on any atom is 0.339 e. The van der Waals surface area contributed by atoms with Crippen molar-refractivity contribution in [2.75, 3.05) is 25.6 Å². The Balaban J connectivity index is 1.70. The number of ether oxygens (including phenoxy) is 2. The van der Waals surface area contributed by atoms with E-state index in [2.05, 4.69) is 5.32 Å². The molecule has 1 aliphatic heterocycles. The molecule has 3 amide bonds. The Morgan fingerprint density at radius 1 is 1.21 bits per heavy atom. The fraction of sp³-hybridized carbons (Fsp3) is 0.182. The van der Waals surface area contributed by atoms with Crippen LogP contribution in [0.4, 0.5) is 10.5 Å². The summed E-state index contributed by atoms with van der Waals surface area (Å²) < 4.78 is 9.89. The summed E-state index contributed by atoms with van der Waals surface area (Å²) in [6, 6.07) is 8.78. The molecule has 2 aromatic carbocycles. The van der Waals surface area contributed by atoms with E-state index in [1.807, 2.05) is 0 Å². The van der Waals surface area contributed by atoms with Crippen LogP contribution < -0.4 is 10.1 Å². The molecule has 9 nitrogen and oxygen atoms in total. The minimum Gasteiger partial charge on any atom is -0.504 e. The third-order valence-electron chi connectivity index (χ3n) is 4.42. The molecule has 1 heterocycles. The van der Waals surface area contributed by atoms with Crippen molar-refractivity contribution in [2.24, 2.45) is 0 Å². The SMILES string of the molecule is CCOC(=O)c1cc(NC(=O)CN2C(=O)S/C(=C/c3ccc(OC)c(O)c3)C2=O)ccc1Cl. The second-order valence-electron chi connectivity index (χ2n) is 6.66. The molecule has 0 spiro atoms. The average Bonchev–Trinajstić information content (AvgIpc) is 3.02. The molecular formula is C22H19ClN2O7S. The molecule has 11 heteroatoms. The molecule has 0 unspecified atom stereocenters. The van der Waals surface area contributed by atoms with Gasteiger partial charge in [-0.2, -0.15) is 0 Å². The summed E-state index contributed by atoms with van der Waals surface area (Å²) in [5, 5.41) is 12.0. The van der Waals surface area contributed by atoms with E-state index in [4.69, 9.17) is 21.1 Å². The number of hydrogen-bond acceptors (Lipinski definition) is 8. The van der Waals surface area contributed by atoms with Gasteiger partial charge in [0.25, 0.3) is 11.1 Å². The topological polar surface area (TPSA) is 122 Å². The van der Waals surface area contributed by atoms with Crippen molar-refractivity contribution in [3.8, 4) is 11.5 Å². The second-order valence-corrected chi connectivity index (χ2v) is 8.06. The lowest BCUT2D eigenvalue weighted by molar-refractivity contribution is -0.127. The van der Waals surface area contributed by atoms with Crippen molar-refractivity contribution in [3.63, 3.8) is 0 Å². The molecule has 33 heavy (non-hydrogen) atoms. The minimum atomic E-state index is -0.641. The highest BCUT2D eigenvalue weighted by molar-refractivity contribution is 8.18. The van der Waals surface area contributed by atoms with E-state index >= 15 is 0 Å². The quantitative estimate of drug-likeness (QED) is 0.442. The van der Waals surface area contributed by atoms with Crippen LogP contribution in [0.3, 0.4) is 0 Å². The van der Waals surface area contributed by atoms with E-state index in [-0.39, 0.29) is 39.3 Å². The number of anilines is 1. The number of carbonyl (C=O) groups is 4. The molecule has 0 atom stereocenters. The summed E-state index contributed by atoms with van der Waals surface area (Å²) in [6.07, 6.45) is 1.44. The van der Waals surface area contributed by atoms with Crippen molar-refractivity contribution in [1.82, 2.24) is 4.90 Å². The van der Waals surface area contributed by atoms with Crippen LogP contribution in [0.15, 0.2) is 41.3 Å². The molecule has 1 aliphatic rings. The Kier molecular flexibility index (Phi) is 7.62. The van der Waals surface area contributed by atoms with E-state index in [9.17, 15) is 24.3 Å². The molecule has 1 saturated heterocycles. The fourth-order valence-electron chi connectivity index (χ4n) is 2.90. The number of hydrogen-bond donors (Lipinski definition) is 2. The van der Waals surface area contributed by atoms with Crippen molar-refractivity contribution in [3.05, 3.63) is 57.5 Å². The Labute approximate surface area is 198 Å². The highest BCUT2D eigenvalue weighted by Crippen LogP contribution is 2.34. The maximum atomic E-state index is 12.6. The van der Waals surface area contributed by atoms with Gasteiger partial charge in [0.1, 0.15) is 6.54 Å². The van der Waals surface area contributed by atoms with Crippen LogP contribution >= 0.6 is 23.4 Å². The standard InChI is InChI=1S/C22H19ClN2O7S/c1-3-32-21(29)14-10-13(5-6-15(14)23)24-19(27)11-25-20(28)18(33-22(25)30)9-12-4-7-17(31-2)16(26)8-12/h4-10,26H,3,11H2,1-2H3,(H,24,27)/b18-9+. The molecular weight excluding hydrogens is 472 g/mol. The summed E-state index contributed by atoms with van der Waals surface area (Å²) in [7, 11) is 1.41. The fourth-order valence-corrected chi connectivity index (χ4v) is 3.93. The van der Waals surface area contributed by atoms with Crippen molar-refractivity contribution in [1.29, 1.82) is 0 Å². The van der Waals surface area contributed by atoms with Crippen LogP contribution in [0.1, 0.15) is 22.8 Å². The van der Waals surface area contributed by atoms with E-state index in [1.54, 1.807) is 13.0 Å². The van der Waals surface area contributed by atoms with Gasteiger partial charge in [0.15, 0.2) is 11.5 Å². The Morgan fingerprint density at radius 3 is 2.64 bits per heavy atom. The number of phenolic OH excluding ortho intramolecular Hbond substituents is 1. The monoisotopic (exact) mass is 490 g/mol. The lowest BCUT2D eigenvalue weighted by atomic mass is 10.2. The number of carbonyl (C=O) groups excluding carboxylic acids is 4. The number of imide groups is 1. The number of nitrogens with one attached hydrogen (secondary N) is 1. The minimum absolute atomic E-state index is 0.0770. The zero-order valence-electron chi connectivity index (χ0n) is 17.6. The van der Waals surface area contributed by atoms with E-state index in [0.717, 1.165) is 4.90 Å². The van der Waals surface area contributed by atoms with E-state index in [0.29, 0.717) is 17.3 Å². The van der Waals surface area contributed by atoms with Gasteiger partial charge in [-0.15, -0.1) is 0 Å². The number of nitrogens with zero attached hydrogens (tertiary/aromatic N) is 1. The molecule has 0 aliphatic carbocycles. The maximum absolute atomic E-state index is 12.6. The normalized spacial score (nSPS) is 14.5. The van der Waals surface area contributed by atoms with Gasteiger partial charge < -0.3 is 19.9 Å². The van der Waals surface area contributed by atoms with Gasteiger partial charge in [-0.3, -0.25) is 19.3 Å². The lowest BCUT2D eigenvalue weighted by Crippen LogP contribution is -2.36. The highest BCUT2D eigenvalue weighted by Gasteiger charge is 2.36. The Morgan fingerprint density at radius 2 is 1.97 bits per heavy atom. The molecule has 3 rings (SSSR count). The number of rotatable bonds is 7. The number of phenols is 1. The lowest BCUT2D eigenvalue weighted by Gasteiger charge is -2.13. The van der Waals surface area contributed by atoms with Crippen LogP contribution in [0.25, 0.3) is 6.08 Å². The number of thioether (sulfide) groups is 1. The molecule has 0 bridgehead atoms. The third-order valence-corrected chi connectivity index (χ3v) is 5.66. The first-order valence-corrected chi connectivity index (χ1v) is 10.8. The number of halogens is 1. The predicted octanol–water partition coefficient (Wildman–Crippen LogP) is 3.91. The van der Waals surface area contributed by atoms with Gasteiger partial charge in [0, 0.05) is 5.69 Å². The van der Waals surface area contributed by atoms with E-state index in [1.165, 1.54) is 43.5 Å². The Bertz CT molecular complexity index is 1170. The summed E-state index contributed by atoms with van der Waals surface area (Å²) in [4.78, 5) is 50.3. The zero-order chi connectivity index (χ0) is 24.1. The van der Waals surface area contributed by atoms with E-state index < -0.39 is 29.6 Å². The van der Waals surface area contributed by atoms with Crippen LogP contribution in [0, 0.1) is 0 Å². The summed E-state index contributed by atoms with van der Waals surface area (Å²) in [6.45, 7) is 1.29. The second kappa shape index (κ2) is 10.4. The highest BCUT2D eigenvalue weighted by atomic mass is 35.5. The molecule has 1 fully saturated rings. The number of aromatic hydroxyl groups is 1. The number of benzene rings is 2. The van der Waals surface area contributed by atoms with Crippen molar-refractivity contribution < 1.29 is 33.8 Å². The average molecular weight is 491 g/mol. The third kappa shape index (κ3) is 5.65. The van der Waals surface area contributed by atoms with Crippen LogP contribution in [-0.4, -0.2) is 53.3 Å². The molecule has 2 N–H and O–H groups in total. The van der Waals surface area contributed by atoms with Crippen molar-refractivity contribution in [2.45, 2.75) is 6.92 Å². The van der Waals surface area contributed by atoms with Crippen LogP contribution in [0.5, 0.6) is 11.5 Å². The molecule has 0 saturated carbocycles. The van der Waals surface area contributed by atoms with Crippen LogP contribution in [0.2, 0.25) is 5.02 Å². The first kappa shape index (κ1) is 24.1. The van der Waals surface area contributed by atoms with Crippen LogP contribution in [-0.2, 0) is 14.3 Å². The van der Waals surface area contributed by atoms with Crippen molar-refractivity contribution >= 4 is 58.1 Å². The van der Waals surface area contributed by atoms with Gasteiger partial charge >= 0.3 is 5.97 Å². The first-order chi connectivity index (χ1) is 15.7. The van der Waals surface area contributed by atoms with Gasteiger partial charge in [-0.05, 0) is 60.7 Å². The summed E-state index contributed by atoms with van der Waals surface area (Å²) in [5.74, 6) is -1.77. The van der Waals surface area contributed by atoms with Gasteiger partial charge in [0.05, 0.1) is 29.2 Å². The molecule has 0 aromatic heterocycles. The molecule has 172 valence electrons. The number of amides is 3. The van der Waals surface area contributed by atoms with Gasteiger partial charge in [0.2, 0.25) is 5.91 Å². The van der Waals surface area contributed by atoms with Gasteiger partial charge in [-0.25, -0.2) is 4.79 Å². The zero-order valence-corrected chi connectivity index (χ0v) is 19.2. The Hall–Kier alpha value is -3.50. The predicted molar refractivity (Wildman–Crippen MR) is 123 cm³/mol.